The molecule has 0 radical (unpaired) electrons. The van der Waals surface area contributed by atoms with Gasteiger partial charge in [-0.1, -0.05) is 12.5 Å². The van der Waals surface area contributed by atoms with E-state index in [-0.39, 0.29) is 0 Å². The van der Waals surface area contributed by atoms with E-state index in [1.165, 1.54) is 29.7 Å². The molecular weight excluding hydrogens is 188 g/mol. The predicted molar refractivity (Wildman–Crippen MR) is 61.1 cm³/mol. The molecule has 0 amide bonds. The molecule has 2 atom stereocenters. The molecule has 3 aliphatic rings. The summed E-state index contributed by atoms with van der Waals surface area (Å²) in [7, 11) is 0. The minimum atomic E-state index is 0.879. The molecule has 2 unspecified atom stereocenters. The summed E-state index contributed by atoms with van der Waals surface area (Å²) in [5.74, 6) is 1.76. The quantitative estimate of drug-likeness (QED) is 0.594. The third-order valence-corrected chi connectivity index (χ3v) is 4.88. The number of thiophene rings is 1. The third-order valence-electron chi connectivity index (χ3n) is 3.91. The van der Waals surface area contributed by atoms with Crippen LogP contribution in [0.1, 0.15) is 29.7 Å². The first-order valence-electron chi connectivity index (χ1n) is 5.45. The fourth-order valence-electron chi connectivity index (χ4n) is 3.30. The van der Waals surface area contributed by atoms with Crippen LogP contribution in [0.3, 0.4) is 0 Å². The number of hydrogen-bond acceptors (Lipinski definition) is 1. The Morgan fingerprint density at radius 2 is 2.29 bits per heavy atom. The van der Waals surface area contributed by atoms with Gasteiger partial charge in [0.1, 0.15) is 0 Å². The van der Waals surface area contributed by atoms with E-state index in [4.69, 9.17) is 0 Å². The van der Waals surface area contributed by atoms with Crippen molar-refractivity contribution in [3.8, 4) is 0 Å². The highest BCUT2D eigenvalue weighted by Gasteiger charge is 2.39. The van der Waals surface area contributed by atoms with Crippen molar-refractivity contribution < 1.29 is 0 Å². The molecule has 1 heterocycles. The van der Waals surface area contributed by atoms with Gasteiger partial charge in [0.15, 0.2) is 0 Å². The summed E-state index contributed by atoms with van der Waals surface area (Å²) in [6.07, 6.45) is 9.27. The minimum absolute atomic E-state index is 0.879. The zero-order valence-corrected chi connectivity index (χ0v) is 8.81. The average molecular weight is 200 g/mol. The normalized spacial score (nSPS) is 32.3. The van der Waals surface area contributed by atoms with Crippen molar-refractivity contribution in [1.82, 2.24) is 0 Å². The Kier molecular flexibility index (Phi) is 1.28. The number of rotatable bonds is 0. The van der Waals surface area contributed by atoms with Crippen LogP contribution in [0.15, 0.2) is 23.1 Å². The van der Waals surface area contributed by atoms with Crippen LogP contribution in [0.2, 0.25) is 0 Å². The zero-order chi connectivity index (χ0) is 9.12. The van der Waals surface area contributed by atoms with Gasteiger partial charge in [0, 0.05) is 4.88 Å². The third kappa shape index (κ3) is 0.755. The van der Waals surface area contributed by atoms with E-state index in [0.717, 1.165) is 11.8 Å². The Bertz CT molecular complexity index is 461. The number of hydrogen-bond donors (Lipinski definition) is 0. The Balaban J connectivity index is 1.93. The van der Waals surface area contributed by atoms with E-state index in [2.05, 4.69) is 23.6 Å². The average Bonchev–Trinajstić information content (AvgIpc) is 2.80. The lowest BCUT2D eigenvalue weighted by molar-refractivity contribution is 0.567. The fraction of sp³-hybridized carbons (Fsp3) is 0.385. The van der Waals surface area contributed by atoms with Crippen LogP contribution in [0, 0.1) is 11.8 Å². The topological polar surface area (TPSA) is 0 Å². The van der Waals surface area contributed by atoms with Crippen LogP contribution in [-0.2, 0) is 0 Å². The maximum Gasteiger partial charge on any atom is 0.0414 e. The van der Waals surface area contributed by atoms with Gasteiger partial charge in [-0.25, -0.2) is 0 Å². The molecule has 1 saturated carbocycles. The highest BCUT2D eigenvalue weighted by atomic mass is 32.1. The van der Waals surface area contributed by atoms with Crippen molar-refractivity contribution in [3.05, 3.63) is 33.5 Å². The van der Waals surface area contributed by atoms with Gasteiger partial charge in [0.25, 0.3) is 0 Å². The summed E-state index contributed by atoms with van der Waals surface area (Å²) < 4.78 is 0. The van der Waals surface area contributed by atoms with Gasteiger partial charge in [-0.3, -0.25) is 0 Å². The number of allylic oxidation sites excluding steroid dienone is 3. The summed E-state index contributed by atoms with van der Waals surface area (Å²) in [5.41, 5.74) is 4.72. The molecule has 0 saturated heterocycles. The van der Waals surface area contributed by atoms with Gasteiger partial charge in [-0.15, -0.1) is 11.3 Å². The highest BCUT2D eigenvalue weighted by Crippen LogP contribution is 2.54. The van der Waals surface area contributed by atoms with Crippen LogP contribution in [-0.4, -0.2) is 0 Å². The van der Waals surface area contributed by atoms with Crippen molar-refractivity contribution in [2.75, 3.05) is 0 Å². The van der Waals surface area contributed by atoms with Gasteiger partial charge in [0.2, 0.25) is 0 Å². The fourth-order valence-corrected chi connectivity index (χ4v) is 4.22. The summed E-state index contributed by atoms with van der Waals surface area (Å²) in [5, 5.41) is 2.22. The summed E-state index contributed by atoms with van der Waals surface area (Å²) in [6, 6.07) is 2.26. The minimum Gasteiger partial charge on any atom is -0.143 e. The van der Waals surface area contributed by atoms with Gasteiger partial charge in [-0.2, -0.15) is 0 Å². The molecule has 0 spiro atoms. The molecule has 0 nitrogen and oxygen atoms in total. The molecule has 1 heteroatoms. The van der Waals surface area contributed by atoms with E-state index in [1.54, 1.807) is 11.1 Å². The van der Waals surface area contributed by atoms with Crippen LogP contribution in [0.5, 0.6) is 0 Å². The monoisotopic (exact) mass is 200 g/mol. The maximum atomic E-state index is 2.55. The molecule has 1 aromatic heterocycles. The molecule has 1 fully saturated rings. The molecule has 70 valence electrons. The molecule has 0 N–H and O–H groups in total. The van der Waals surface area contributed by atoms with E-state index in [0.29, 0.717) is 0 Å². The molecule has 0 bridgehead atoms. The van der Waals surface area contributed by atoms with E-state index < -0.39 is 0 Å². The second-order valence-electron chi connectivity index (χ2n) is 4.59. The van der Waals surface area contributed by atoms with Crippen molar-refractivity contribution in [1.29, 1.82) is 0 Å². The Labute approximate surface area is 88.0 Å². The predicted octanol–water partition coefficient (Wildman–Crippen LogP) is 3.96. The van der Waals surface area contributed by atoms with Crippen molar-refractivity contribution in [2.45, 2.75) is 19.3 Å². The molecule has 14 heavy (non-hydrogen) atoms. The largest absolute Gasteiger partial charge is 0.143 e. The summed E-state index contributed by atoms with van der Waals surface area (Å²) in [4.78, 5) is 1.54. The summed E-state index contributed by atoms with van der Waals surface area (Å²) >= 11 is 1.91. The second-order valence-corrected chi connectivity index (χ2v) is 5.50. The standard InChI is InChI=1S/C13H12S/c1-2-8-6-12-11(10(8)3-1)7-9-4-5-14-13(9)12/h4-8,10H,1-3H2. The first-order valence-corrected chi connectivity index (χ1v) is 6.33. The molecule has 0 aromatic carbocycles. The molecular formula is C13H12S. The van der Waals surface area contributed by atoms with Gasteiger partial charge < -0.3 is 0 Å². The van der Waals surface area contributed by atoms with E-state index >= 15 is 0 Å². The van der Waals surface area contributed by atoms with Gasteiger partial charge in [-0.05, 0) is 58.9 Å². The SMILES string of the molecule is C1=C2C(=Cc3ccsc32)C2CCCC12. The Morgan fingerprint density at radius 3 is 3.29 bits per heavy atom. The van der Waals surface area contributed by atoms with E-state index in [9.17, 15) is 0 Å². The van der Waals surface area contributed by atoms with Crippen molar-refractivity contribution >= 4 is 23.0 Å². The van der Waals surface area contributed by atoms with Gasteiger partial charge in [0.05, 0.1) is 0 Å². The lowest BCUT2D eigenvalue weighted by atomic mass is 9.95. The maximum absolute atomic E-state index is 2.55. The zero-order valence-electron chi connectivity index (χ0n) is 7.99. The van der Waals surface area contributed by atoms with Gasteiger partial charge >= 0.3 is 0 Å². The Morgan fingerprint density at radius 1 is 1.29 bits per heavy atom. The first kappa shape index (κ1) is 7.47. The molecule has 3 aliphatic carbocycles. The Hall–Kier alpha value is -0.820. The lowest BCUT2D eigenvalue weighted by Crippen LogP contribution is -1.99. The van der Waals surface area contributed by atoms with Crippen LogP contribution in [0.25, 0.3) is 11.6 Å². The van der Waals surface area contributed by atoms with Crippen molar-refractivity contribution in [3.63, 3.8) is 0 Å². The second kappa shape index (κ2) is 2.40. The number of fused-ring (bicyclic) bond motifs is 5. The molecule has 4 rings (SSSR count). The van der Waals surface area contributed by atoms with Crippen LogP contribution < -0.4 is 0 Å². The van der Waals surface area contributed by atoms with Crippen LogP contribution >= 0.6 is 11.3 Å². The lowest BCUT2D eigenvalue weighted by Gasteiger charge is -2.09. The smallest absolute Gasteiger partial charge is 0.0414 e. The van der Waals surface area contributed by atoms with Crippen LogP contribution in [0.4, 0.5) is 0 Å². The van der Waals surface area contributed by atoms with Crippen molar-refractivity contribution in [2.24, 2.45) is 11.8 Å². The van der Waals surface area contributed by atoms with E-state index in [1.807, 2.05) is 11.3 Å². The highest BCUT2D eigenvalue weighted by molar-refractivity contribution is 7.11. The molecule has 0 aliphatic heterocycles. The summed E-state index contributed by atoms with van der Waals surface area (Å²) in [6.45, 7) is 0. The molecule has 1 aromatic rings. The first-order chi connectivity index (χ1) is 6.93.